The molecule has 0 radical (unpaired) electrons. The normalized spacial score (nSPS) is 11.9. The molecule has 0 aromatic heterocycles. The first-order valence-electron chi connectivity index (χ1n) is 5.73. The van der Waals surface area contributed by atoms with E-state index in [9.17, 15) is 9.59 Å². The molecule has 1 amide bonds. The summed E-state index contributed by atoms with van der Waals surface area (Å²) in [6.07, 6.45) is 0.709. The van der Waals surface area contributed by atoms with E-state index in [0.717, 1.165) is 5.56 Å². The molecule has 0 spiro atoms. The Labute approximate surface area is 111 Å². The van der Waals surface area contributed by atoms with E-state index in [1.54, 1.807) is 31.2 Å². The number of aliphatic carboxylic acids is 1. The lowest BCUT2D eigenvalue weighted by Crippen LogP contribution is -2.28. The van der Waals surface area contributed by atoms with Gasteiger partial charge in [0.15, 0.2) is 0 Å². The van der Waals surface area contributed by atoms with Gasteiger partial charge in [-0.05, 0) is 24.1 Å². The Balaban J connectivity index is 2.30. The summed E-state index contributed by atoms with van der Waals surface area (Å²) in [5.74, 6) is -1.40. The zero-order valence-electron chi connectivity index (χ0n) is 10.1. The van der Waals surface area contributed by atoms with Crippen molar-refractivity contribution in [2.75, 3.05) is 6.54 Å². The number of carboxylic acids is 1. The third-order valence-corrected chi connectivity index (χ3v) is 2.85. The molecule has 0 aliphatic carbocycles. The second kappa shape index (κ2) is 7.01. The molecule has 5 heteroatoms. The minimum Gasteiger partial charge on any atom is -0.481 e. The van der Waals surface area contributed by atoms with E-state index in [2.05, 4.69) is 5.32 Å². The fraction of sp³-hybridized carbons (Fsp3) is 0.385. The van der Waals surface area contributed by atoms with Crippen LogP contribution in [0.15, 0.2) is 24.3 Å². The van der Waals surface area contributed by atoms with Crippen LogP contribution in [0.1, 0.15) is 18.9 Å². The number of carboxylic acid groups (broad SMARTS) is 1. The SMILES string of the molecule is CC(CCNC(=O)Cc1ccc(Cl)cc1)C(=O)O. The summed E-state index contributed by atoms with van der Waals surface area (Å²) < 4.78 is 0. The van der Waals surface area contributed by atoms with Crippen LogP contribution < -0.4 is 5.32 Å². The zero-order valence-corrected chi connectivity index (χ0v) is 10.9. The van der Waals surface area contributed by atoms with Gasteiger partial charge in [0.25, 0.3) is 0 Å². The highest BCUT2D eigenvalue weighted by Gasteiger charge is 2.10. The Morgan fingerprint density at radius 1 is 1.33 bits per heavy atom. The lowest BCUT2D eigenvalue weighted by molar-refractivity contribution is -0.141. The van der Waals surface area contributed by atoms with Gasteiger partial charge in [0.1, 0.15) is 0 Å². The quantitative estimate of drug-likeness (QED) is 0.831. The van der Waals surface area contributed by atoms with Gasteiger partial charge in [-0.25, -0.2) is 0 Å². The molecule has 98 valence electrons. The molecule has 1 aromatic carbocycles. The highest BCUT2D eigenvalue weighted by molar-refractivity contribution is 6.30. The largest absolute Gasteiger partial charge is 0.481 e. The molecule has 4 nitrogen and oxygen atoms in total. The van der Waals surface area contributed by atoms with Crippen LogP contribution in [-0.4, -0.2) is 23.5 Å². The lowest BCUT2D eigenvalue weighted by Gasteiger charge is -2.08. The maximum absolute atomic E-state index is 11.6. The van der Waals surface area contributed by atoms with Gasteiger partial charge in [-0.15, -0.1) is 0 Å². The zero-order chi connectivity index (χ0) is 13.5. The molecule has 0 fully saturated rings. The molecule has 1 aromatic rings. The summed E-state index contributed by atoms with van der Waals surface area (Å²) in [4.78, 5) is 22.1. The third-order valence-electron chi connectivity index (χ3n) is 2.60. The van der Waals surface area contributed by atoms with Gasteiger partial charge in [-0.3, -0.25) is 9.59 Å². The van der Waals surface area contributed by atoms with Gasteiger partial charge >= 0.3 is 5.97 Å². The van der Waals surface area contributed by atoms with E-state index in [1.165, 1.54) is 0 Å². The van der Waals surface area contributed by atoms with E-state index >= 15 is 0 Å². The average Bonchev–Trinajstić information content (AvgIpc) is 2.32. The van der Waals surface area contributed by atoms with Crippen molar-refractivity contribution >= 4 is 23.5 Å². The number of halogens is 1. The van der Waals surface area contributed by atoms with Crippen LogP contribution >= 0.6 is 11.6 Å². The number of carbonyl (C=O) groups excluding carboxylic acids is 1. The molecule has 0 heterocycles. The summed E-state index contributed by atoms with van der Waals surface area (Å²) in [7, 11) is 0. The first kappa shape index (κ1) is 14.5. The van der Waals surface area contributed by atoms with Crippen molar-refractivity contribution in [1.29, 1.82) is 0 Å². The number of amides is 1. The Morgan fingerprint density at radius 2 is 1.94 bits per heavy atom. The number of carbonyl (C=O) groups is 2. The molecule has 0 bridgehead atoms. The second-order valence-electron chi connectivity index (χ2n) is 4.18. The molecule has 0 aliphatic heterocycles. The maximum atomic E-state index is 11.6. The molecular weight excluding hydrogens is 254 g/mol. The molecule has 1 unspecified atom stereocenters. The van der Waals surface area contributed by atoms with Crippen molar-refractivity contribution in [3.05, 3.63) is 34.9 Å². The van der Waals surface area contributed by atoms with Crippen molar-refractivity contribution in [3.8, 4) is 0 Å². The van der Waals surface area contributed by atoms with Crippen LogP contribution in [0.25, 0.3) is 0 Å². The van der Waals surface area contributed by atoms with Crippen molar-refractivity contribution in [2.24, 2.45) is 5.92 Å². The monoisotopic (exact) mass is 269 g/mol. The number of nitrogens with one attached hydrogen (secondary N) is 1. The Hall–Kier alpha value is -1.55. The van der Waals surface area contributed by atoms with Gasteiger partial charge in [0.2, 0.25) is 5.91 Å². The van der Waals surface area contributed by atoms with Crippen molar-refractivity contribution < 1.29 is 14.7 Å². The summed E-state index contributed by atoms with van der Waals surface area (Å²) in [5, 5.41) is 12.0. The van der Waals surface area contributed by atoms with E-state index < -0.39 is 11.9 Å². The van der Waals surface area contributed by atoms with Crippen LogP contribution in [0.2, 0.25) is 5.02 Å². The fourth-order valence-corrected chi connectivity index (χ4v) is 1.53. The molecule has 0 saturated heterocycles. The van der Waals surface area contributed by atoms with E-state index in [1.807, 2.05) is 0 Å². The van der Waals surface area contributed by atoms with E-state index in [4.69, 9.17) is 16.7 Å². The van der Waals surface area contributed by atoms with Gasteiger partial charge < -0.3 is 10.4 Å². The number of benzene rings is 1. The lowest BCUT2D eigenvalue weighted by atomic mass is 10.1. The first-order valence-corrected chi connectivity index (χ1v) is 6.11. The number of hydrogen-bond donors (Lipinski definition) is 2. The third kappa shape index (κ3) is 5.19. The highest BCUT2D eigenvalue weighted by Crippen LogP contribution is 2.09. The van der Waals surface area contributed by atoms with E-state index in [0.29, 0.717) is 18.0 Å². The van der Waals surface area contributed by atoms with Gasteiger partial charge in [0, 0.05) is 11.6 Å². The Bertz CT molecular complexity index is 417. The van der Waals surface area contributed by atoms with Crippen molar-refractivity contribution in [1.82, 2.24) is 5.32 Å². The standard InChI is InChI=1S/C13H16ClNO3/c1-9(13(17)18)6-7-15-12(16)8-10-2-4-11(14)5-3-10/h2-5,9H,6-8H2,1H3,(H,15,16)(H,17,18). The van der Waals surface area contributed by atoms with Crippen molar-refractivity contribution in [2.45, 2.75) is 19.8 Å². The first-order chi connectivity index (χ1) is 8.49. The van der Waals surface area contributed by atoms with Crippen LogP contribution in [0.3, 0.4) is 0 Å². The molecular formula is C13H16ClNO3. The van der Waals surface area contributed by atoms with E-state index in [-0.39, 0.29) is 12.3 Å². The summed E-state index contributed by atoms with van der Waals surface area (Å²) in [5.41, 5.74) is 0.878. The molecule has 1 atom stereocenters. The molecule has 0 aliphatic rings. The Kier molecular flexibility index (Phi) is 5.65. The predicted molar refractivity (Wildman–Crippen MR) is 69.6 cm³/mol. The van der Waals surface area contributed by atoms with Crippen molar-refractivity contribution in [3.63, 3.8) is 0 Å². The van der Waals surface area contributed by atoms with Gasteiger partial charge in [-0.1, -0.05) is 30.7 Å². The molecule has 2 N–H and O–H groups in total. The highest BCUT2D eigenvalue weighted by atomic mass is 35.5. The van der Waals surface area contributed by atoms with Gasteiger partial charge in [-0.2, -0.15) is 0 Å². The van der Waals surface area contributed by atoms with Crippen LogP contribution in [0, 0.1) is 5.92 Å². The fourth-order valence-electron chi connectivity index (χ4n) is 1.40. The minimum atomic E-state index is -0.845. The minimum absolute atomic E-state index is 0.116. The van der Waals surface area contributed by atoms with Crippen LogP contribution in [0.4, 0.5) is 0 Å². The Morgan fingerprint density at radius 3 is 2.50 bits per heavy atom. The maximum Gasteiger partial charge on any atom is 0.306 e. The molecule has 18 heavy (non-hydrogen) atoms. The smallest absolute Gasteiger partial charge is 0.306 e. The van der Waals surface area contributed by atoms with Crippen LogP contribution in [0.5, 0.6) is 0 Å². The summed E-state index contributed by atoms with van der Waals surface area (Å²) in [6, 6.07) is 7.05. The second-order valence-corrected chi connectivity index (χ2v) is 4.62. The average molecular weight is 270 g/mol. The predicted octanol–water partition coefficient (Wildman–Crippen LogP) is 2.11. The topological polar surface area (TPSA) is 66.4 Å². The summed E-state index contributed by atoms with van der Waals surface area (Å²) in [6.45, 7) is 1.99. The van der Waals surface area contributed by atoms with Crippen LogP contribution in [-0.2, 0) is 16.0 Å². The number of rotatable bonds is 6. The molecule has 0 saturated carbocycles. The van der Waals surface area contributed by atoms with Gasteiger partial charge in [0.05, 0.1) is 12.3 Å². The number of hydrogen-bond acceptors (Lipinski definition) is 2. The summed E-state index contributed by atoms with van der Waals surface area (Å²) >= 11 is 5.74. The molecule has 1 rings (SSSR count).